The third-order valence-corrected chi connectivity index (χ3v) is 4.16. The van der Waals surface area contributed by atoms with E-state index < -0.39 is 0 Å². The lowest BCUT2D eigenvalue weighted by molar-refractivity contribution is -0.115. The Morgan fingerprint density at radius 2 is 1.52 bits per heavy atom. The van der Waals surface area contributed by atoms with E-state index in [0.29, 0.717) is 5.84 Å². The molecule has 3 rings (SSSR count). The Hall–Kier alpha value is -3.40. The predicted octanol–water partition coefficient (Wildman–Crippen LogP) is 5.14. The lowest BCUT2D eigenvalue weighted by Crippen LogP contribution is -2.35. The highest BCUT2D eigenvalue weighted by molar-refractivity contribution is 6.23. The first kappa shape index (κ1) is 18.4. The number of methoxy groups -OCH3 is 1. The van der Waals surface area contributed by atoms with Gasteiger partial charge in [-0.1, -0.05) is 48.0 Å². The van der Waals surface area contributed by atoms with Gasteiger partial charge in [0.05, 0.1) is 18.5 Å². The zero-order valence-electron chi connectivity index (χ0n) is 15.7. The van der Waals surface area contributed by atoms with E-state index in [1.165, 1.54) is 6.92 Å². The van der Waals surface area contributed by atoms with E-state index in [1.807, 2.05) is 85.8 Å². The number of ether oxygens (including phenoxy) is 1. The van der Waals surface area contributed by atoms with Crippen LogP contribution in [0.5, 0.6) is 5.75 Å². The quantitative estimate of drug-likeness (QED) is 0.479. The van der Waals surface area contributed by atoms with Gasteiger partial charge in [-0.05, 0) is 43.3 Å². The first-order valence-corrected chi connectivity index (χ1v) is 8.74. The maximum atomic E-state index is 12.6. The average Bonchev–Trinajstić information content (AvgIpc) is 2.70. The monoisotopic (exact) mass is 358 g/mol. The van der Waals surface area contributed by atoms with Crippen LogP contribution in [0.4, 0.5) is 11.4 Å². The molecular formula is C23H22N2O2. The number of amidine groups is 1. The predicted molar refractivity (Wildman–Crippen MR) is 110 cm³/mol. The highest BCUT2D eigenvalue weighted by Crippen LogP contribution is 2.24. The average molecular weight is 358 g/mol. The molecule has 3 aromatic carbocycles. The molecule has 0 saturated carbocycles. The summed E-state index contributed by atoms with van der Waals surface area (Å²) < 4.78 is 5.23. The molecule has 27 heavy (non-hydrogen) atoms. The molecule has 0 N–H and O–H groups in total. The van der Waals surface area contributed by atoms with Gasteiger partial charge in [0.25, 0.3) is 0 Å². The van der Waals surface area contributed by atoms with Crippen molar-refractivity contribution >= 4 is 23.1 Å². The minimum atomic E-state index is -0.116. The molecule has 1 amide bonds. The molecule has 136 valence electrons. The van der Waals surface area contributed by atoms with Crippen molar-refractivity contribution in [3.8, 4) is 5.75 Å². The SMILES string of the molecule is COc1ccc(N(C(C)=O)C(=Nc2ccc(C)cc2)c2ccccc2)cc1. The Morgan fingerprint density at radius 3 is 2.07 bits per heavy atom. The highest BCUT2D eigenvalue weighted by atomic mass is 16.5. The molecule has 0 aliphatic heterocycles. The largest absolute Gasteiger partial charge is 0.497 e. The lowest BCUT2D eigenvalue weighted by atomic mass is 10.1. The van der Waals surface area contributed by atoms with Gasteiger partial charge in [0.15, 0.2) is 0 Å². The van der Waals surface area contributed by atoms with Crippen molar-refractivity contribution in [1.82, 2.24) is 0 Å². The first-order chi connectivity index (χ1) is 13.1. The van der Waals surface area contributed by atoms with Gasteiger partial charge in [0.2, 0.25) is 5.91 Å². The number of nitrogens with zero attached hydrogens (tertiary/aromatic N) is 2. The summed E-state index contributed by atoms with van der Waals surface area (Å²) in [5.41, 5.74) is 3.55. The fourth-order valence-corrected chi connectivity index (χ4v) is 2.76. The van der Waals surface area contributed by atoms with Crippen molar-refractivity contribution < 1.29 is 9.53 Å². The molecule has 0 bridgehead atoms. The minimum Gasteiger partial charge on any atom is -0.497 e. The van der Waals surface area contributed by atoms with Gasteiger partial charge < -0.3 is 4.74 Å². The second-order valence-electron chi connectivity index (χ2n) is 6.19. The molecule has 0 aliphatic carbocycles. The lowest BCUT2D eigenvalue weighted by Gasteiger charge is -2.23. The number of carbonyl (C=O) groups excluding carboxylic acids is 1. The third-order valence-electron chi connectivity index (χ3n) is 4.16. The second kappa shape index (κ2) is 8.32. The van der Waals surface area contributed by atoms with Gasteiger partial charge in [0.1, 0.15) is 11.6 Å². The van der Waals surface area contributed by atoms with Crippen LogP contribution < -0.4 is 9.64 Å². The van der Waals surface area contributed by atoms with E-state index in [-0.39, 0.29) is 5.91 Å². The molecule has 0 unspecified atom stereocenters. The highest BCUT2D eigenvalue weighted by Gasteiger charge is 2.20. The Morgan fingerprint density at radius 1 is 0.889 bits per heavy atom. The molecule has 0 atom stereocenters. The number of anilines is 1. The summed E-state index contributed by atoms with van der Waals surface area (Å²) in [4.78, 5) is 19.0. The molecular weight excluding hydrogens is 336 g/mol. The van der Waals surface area contributed by atoms with Crippen LogP contribution in [0.3, 0.4) is 0 Å². The fourth-order valence-electron chi connectivity index (χ4n) is 2.76. The zero-order valence-corrected chi connectivity index (χ0v) is 15.7. The molecule has 4 heteroatoms. The summed E-state index contributed by atoms with van der Waals surface area (Å²) in [6.45, 7) is 3.57. The van der Waals surface area contributed by atoms with Crippen LogP contribution >= 0.6 is 0 Å². The van der Waals surface area contributed by atoms with Crippen molar-refractivity contribution in [2.45, 2.75) is 13.8 Å². The summed E-state index contributed by atoms with van der Waals surface area (Å²) >= 11 is 0. The van der Waals surface area contributed by atoms with E-state index in [1.54, 1.807) is 12.0 Å². The van der Waals surface area contributed by atoms with Gasteiger partial charge in [0, 0.05) is 12.5 Å². The standard InChI is InChI=1S/C23H22N2O2/c1-17-9-11-20(12-10-17)24-23(19-7-5-4-6-8-19)25(18(2)26)21-13-15-22(27-3)16-14-21/h4-16H,1-3H3. The van der Waals surface area contributed by atoms with E-state index >= 15 is 0 Å². The molecule has 0 aromatic heterocycles. The molecule has 0 aliphatic rings. The maximum Gasteiger partial charge on any atom is 0.229 e. The van der Waals surface area contributed by atoms with Crippen molar-refractivity contribution in [3.05, 3.63) is 90.0 Å². The summed E-state index contributed by atoms with van der Waals surface area (Å²) in [5.74, 6) is 1.20. The maximum absolute atomic E-state index is 12.6. The Bertz CT molecular complexity index is 930. The van der Waals surface area contributed by atoms with Gasteiger partial charge in [-0.25, -0.2) is 4.99 Å². The second-order valence-corrected chi connectivity index (χ2v) is 6.19. The van der Waals surface area contributed by atoms with Gasteiger partial charge >= 0.3 is 0 Å². The number of aryl methyl sites for hydroxylation is 1. The Balaban J connectivity index is 2.13. The summed E-state index contributed by atoms with van der Waals surface area (Å²) in [5, 5.41) is 0. The number of rotatable bonds is 4. The van der Waals surface area contributed by atoms with Crippen LogP contribution in [0, 0.1) is 6.92 Å². The Labute approximate surface area is 159 Å². The topological polar surface area (TPSA) is 41.9 Å². The van der Waals surface area contributed by atoms with Crippen LogP contribution in [0.15, 0.2) is 83.9 Å². The van der Waals surface area contributed by atoms with Gasteiger partial charge in [-0.3, -0.25) is 9.69 Å². The van der Waals surface area contributed by atoms with Crippen LogP contribution in [0.25, 0.3) is 0 Å². The molecule has 0 saturated heterocycles. The van der Waals surface area contributed by atoms with Crippen LogP contribution in [-0.2, 0) is 4.79 Å². The van der Waals surface area contributed by atoms with Gasteiger partial charge in [-0.2, -0.15) is 0 Å². The summed E-state index contributed by atoms with van der Waals surface area (Å²) in [6, 6.07) is 25.0. The molecule has 4 nitrogen and oxygen atoms in total. The third kappa shape index (κ3) is 4.42. The van der Waals surface area contributed by atoms with Gasteiger partial charge in [-0.15, -0.1) is 0 Å². The number of benzene rings is 3. The molecule has 0 spiro atoms. The molecule has 3 aromatic rings. The smallest absolute Gasteiger partial charge is 0.229 e. The molecule has 0 fully saturated rings. The van der Waals surface area contributed by atoms with Crippen molar-refractivity contribution in [1.29, 1.82) is 0 Å². The van der Waals surface area contributed by atoms with E-state index in [9.17, 15) is 4.79 Å². The van der Waals surface area contributed by atoms with Crippen LogP contribution in [-0.4, -0.2) is 18.9 Å². The van der Waals surface area contributed by atoms with Crippen molar-refractivity contribution in [2.24, 2.45) is 4.99 Å². The number of carbonyl (C=O) groups is 1. The fraction of sp³-hybridized carbons (Fsp3) is 0.130. The summed E-state index contributed by atoms with van der Waals surface area (Å²) in [7, 11) is 1.62. The van der Waals surface area contributed by atoms with Crippen molar-refractivity contribution in [3.63, 3.8) is 0 Å². The zero-order chi connectivity index (χ0) is 19.2. The number of aliphatic imine (C=N–C) groups is 1. The number of hydrogen-bond donors (Lipinski definition) is 0. The minimum absolute atomic E-state index is 0.116. The summed E-state index contributed by atoms with van der Waals surface area (Å²) in [6.07, 6.45) is 0. The first-order valence-electron chi connectivity index (χ1n) is 8.74. The van der Waals surface area contributed by atoms with Crippen LogP contribution in [0.2, 0.25) is 0 Å². The van der Waals surface area contributed by atoms with E-state index in [4.69, 9.17) is 9.73 Å². The number of amides is 1. The van der Waals surface area contributed by atoms with Crippen molar-refractivity contribution in [2.75, 3.05) is 12.0 Å². The Kier molecular flexibility index (Phi) is 5.67. The van der Waals surface area contributed by atoms with E-state index in [2.05, 4.69) is 0 Å². The number of hydrogen-bond acceptors (Lipinski definition) is 3. The molecule has 0 heterocycles. The van der Waals surface area contributed by atoms with Crippen LogP contribution in [0.1, 0.15) is 18.1 Å². The molecule has 0 radical (unpaired) electrons. The van der Waals surface area contributed by atoms with E-state index in [0.717, 1.165) is 28.3 Å². The normalized spacial score (nSPS) is 11.1.